The van der Waals surface area contributed by atoms with Gasteiger partial charge in [0.05, 0.1) is 17.7 Å². The molecule has 4 aromatic rings. The average molecular weight is 461 g/mol. The SMILES string of the molecule is C[C@H]1CCc2sc3nc(SCC(=O)c4ccccc4)n(Cc4ccccc4)c(=O)c3c2C1. The second kappa shape index (κ2) is 9.04. The molecule has 0 fully saturated rings. The van der Waals surface area contributed by atoms with E-state index < -0.39 is 0 Å². The Hall–Kier alpha value is -2.70. The summed E-state index contributed by atoms with van der Waals surface area (Å²) >= 11 is 3.01. The smallest absolute Gasteiger partial charge is 0.263 e. The fourth-order valence-electron chi connectivity index (χ4n) is 4.27. The van der Waals surface area contributed by atoms with Gasteiger partial charge in [-0.25, -0.2) is 4.98 Å². The highest BCUT2D eigenvalue weighted by Crippen LogP contribution is 2.36. The molecule has 0 aliphatic heterocycles. The normalized spacial score (nSPS) is 15.6. The maximum absolute atomic E-state index is 13.7. The number of Topliss-reactive ketones (excluding diaryl/α,β-unsaturated/α-hetero) is 1. The molecule has 0 bridgehead atoms. The molecular weight excluding hydrogens is 436 g/mol. The lowest BCUT2D eigenvalue weighted by atomic mass is 9.89. The molecule has 0 saturated carbocycles. The Labute approximate surface area is 195 Å². The summed E-state index contributed by atoms with van der Waals surface area (Å²) in [6.07, 6.45) is 3.12. The molecule has 6 heteroatoms. The number of hydrogen-bond acceptors (Lipinski definition) is 5. The van der Waals surface area contributed by atoms with Crippen molar-refractivity contribution < 1.29 is 4.79 Å². The molecule has 0 saturated heterocycles. The minimum absolute atomic E-state index is 0.0140. The molecule has 4 nitrogen and oxygen atoms in total. The van der Waals surface area contributed by atoms with Gasteiger partial charge in [0.2, 0.25) is 0 Å². The van der Waals surface area contributed by atoms with Gasteiger partial charge in [-0.15, -0.1) is 11.3 Å². The van der Waals surface area contributed by atoms with Gasteiger partial charge in [-0.1, -0.05) is 79.3 Å². The number of nitrogens with zero attached hydrogens (tertiary/aromatic N) is 2. The van der Waals surface area contributed by atoms with E-state index in [0.717, 1.165) is 35.0 Å². The number of thioether (sulfide) groups is 1. The monoisotopic (exact) mass is 460 g/mol. The van der Waals surface area contributed by atoms with E-state index in [4.69, 9.17) is 4.98 Å². The number of benzene rings is 2. The van der Waals surface area contributed by atoms with Crippen molar-refractivity contribution in [2.24, 2.45) is 5.92 Å². The molecule has 162 valence electrons. The number of rotatable bonds is 6. The first-order valence-electron chi connectivity index (χ1n) is 10.9. The van der Waals surface area contributed by atoms with Crippen LogP contribution in [0.25, 0.3) is 10.2 Å². The summed E-state index contributed by atoms with van der Waals surface area (Å²) in [6.45, 7) is 2.70. The molecule has 2 heterocycles. The van der Waals surface area contributed by atoms with Crippen molar-refractivity contribution in [1.29, 1.82) is 0 Å². The van der Waals surface area contributed by atoms with E-state index in [0.29, 0.717) is 23.2 Å². The van der Waals surface area contributed by atoms with Gasteiger partial charge in [-0.2, -0.15) is 0 Å². The largest absolute Gasteiger partial charge is 0.293 e. The van der Waals surface area contributed by atoms with E-state index in [1.54, 1.807) is 15.9 Å². The number of carbonyl (C=O) groups is 1. The van der Waals surface area contributed by atoms with Crippen LogP contribution in [-0.4, -0.2) is 21.1 Å². The Morgan fingerprint density at radius 3 is 2.59 bits per heavy atom. The van der Waals surface area contributed by atoms with Crippen LogP contribution in [0, 0.1) is 5.92 Å². The van der Waals surface area contributed by atoms with Gasteiger partial charge >= 0.3 is 0 Å². The highest BCUT2D eigenvalue weighted by Gasteiger charge is 2.25. The van der Waals surface area contributed by atoms with Gasteiger partial charge in [-0.3, -0.25) is 14.2 Å². The zero-order valence-corrected chi connectivity index (χ0v) is 19.5. The van der Waals surface area contributed by atoms with Crippen LogP contribution in [0.15, 0.2) is 70.6 Å². The molecular formula is C26H24N2O2S2. The van der Waals surface area contributed by atoms with Crippen LogP contribution in [0.2, 0.25) is 0 Å². The minimum Gasteiger partial charge on any atom is -0.293 e. The maximum atomic E-state index is 13.7. The van der Waals surface area contributed by atoms with Crippen LogP contribution in [0.3, 0.4) is 0 Å². The zero-order chi connectivity index (χ0) is 22.1. The predicted octanol–water partition coefficient (Wildman–Crippen LogP) is 5.61. The highest BCUT2D eigenvalue weighted by molar-refractivity contribution is 7.99. The lowest BCUT2D eigenvalue weighted by Gasteiger charge is -2.18. The first-order valence-corrected chi connectivity index (χ1v) is 12.7. The molecule has 2 aromatic carbocycles. The molecule has 0 amide bonds. The van der Waals surface area contributed by atoms with Crippen LogP contribution >= 0.6 is 23.1 Å². The number of ketones is 1. The molecule has 0 radical (unpaired) electrons. The Morgan fingerprint density at radius 1 is 1.12 bits per heavy atom. The third kappa shape index (κ3) is 4.17. The number of carbonyl (C=O) groups excluding carboxylic acids is 1. The van der Waals surface area contributed by atoms with E-state index in [-0.39, 0.29) is 17.1 Å². The molecule has 0 N–H and O–H groups in total. The van der Waals surface area contributed by atoms with Crippen LogP contribution in [0.5, 0.6) is 0 Å². The van der Waals surface area contributed by atoms with Crippen molar-refractivity contribution in [2.45, 2.75) is 37.9 Å². The molecule has 0 unspecified atom stereocenters. The van der Waals surface area contributed by atoms with E-state index in [2.05, 4.69) is 6.92 Å². The molecule has 5 rings (SSSR count). The Kier molecular flexibility index (Phi) is 5.98. The van der Waals surface area contributed by atoms with Gasteiger partial charge in [0, 0.05) is 10.4 Å². The van der Waals surface area contributed by atoms with Crippen molar-refractivity contribution in [3.8, 4) is 0 Å². The third-order valence-corrected chi connectivity index (χ3v) is 8.15. The maximum Gasteiger partial charge on any atom is 0.263 e. The fourth-order valence-corrected chi connectivity index (χ4v) is 6.42. The van der Waals surface area contributed by atoms with E-state index in [1.165, 1.54) is 22.2 Å². The Balaban J connectivity index is 1.56. The lowest BCUT2D eigenvalue weighted by molar-refractivity contribution is 0.102. The standard InChI is InChI=1S/C26H24N2O2S2/c1-17-12-13-22-20(14-17)23-24(32-22)27-26(31-16-21(29)19-10-6-3-7-11-19)28(25(23)30)15-18-8-4-2-5-9-18/h2-11,17H,12-16H2,1H3/t17-/m0/s1. The van der Waals surface area contributed by atoms with Crippen LogP contribution in [-0.2, 0) is 19.4 Å². The Morgan fingerprint density at radius 2 is 1.84 bits per heavy atom. The summed E-state index contributed by atoms with van der Waals surface area (Å²) < 4.78 is 1.76. The zero-order valence-electron chi connectivity index (χ0n) is 17.9. The Bertz CT molecular complexity index is 1330. The molecule has 0 spiro atoms. The van der Waals surface area contributed by atoms with Crippen molar-refractivity contribution in [3.63, 3.8) is 0 Å². The third-order valence-electron chi connectivity index (χ3n) is 5.99. The van der Waals surface area contributed by atoms with Gasteiger partial charge in [0.25, 0.3) is 5.56 Å². The van der Waals surface area contributed by atoms with Crippen LogP contribution in [0.4, 0.5) is 0 Å². The molecule has 32 heavy (non-hydrogen) atoms. The predicted molar refractivity (Wildman–Crippen MR) is 132 cm³/mol. The quantitative estimate of drug-likeness (QED) is 0.213. The summed E-state index contributed by atoms with van der Waals surface area (Å²) in [6, 6.07) is 19.2. The van der Waals surface area contributed by atoms with Crippen molar-refractivity contribution >= 4 is 39.1 Å². The van der Waals surface area contributed by atoms with E-state index >= 15 is 0 Å². The summed E-state index contributed by atoms with van der Waals surface area (Å²) in [5.41, 5.74) is 2.93. The number of fused-ring (bicyclic) bond motifs is 3. The van der Waals surface area contributed by atoms with Crippen molar-refractivity contribution in [2.75, 3.05) is 5.75 Å². The van der Waals surface area contributed by atoms with Gasteiger partial charge in [-0.05, 0) is 36.3 Å². The van der Waals surface area contributed by atoms with Gasteiger partial charge in [0.15, 0.2) is 10.9 Å². The minimum atomic E-state index is 0.0140. The van der Waals surface area contributed by atoms with Gasteiger partial charge in [0.1, 0.15) is 4.83 Å². The topological polar surface area (TPSA) is 52.0 Å². The van der Waals surface area contributed by atoms with Gasteiger partial charge < -0.3 is 0 Å². The second-order valence-corrected chi connectivity index (χ2v) is 10.4. The van der Waals surface area contributed by atoms with Crippen molar-refractivity contribution in [1.82, 2.24) is 9.55 Å². The number of hydrogen-bond donors (Lipinski definition) is 0. The average Bonchev–Trinajstić information content (AvgIpc) is 3.18. The first-order chi connectivity index (χ1) is 15.6. The number of aryl methyl sites for hydroxylation is 1. The summed E-state index contributed by atoms with van der Waals surface area (Å²) in [4.78, 5) is 33.5. The van der Waals surface area contributed by atoms with Crippen molar-refractivity contribution in [3.05, 3.63) is 92.6 Å². The molecule has 1 aliphatic carbocycles. The van der Waals surface area contributed by atoms with Crippen LogP contribution < -0.4 is 5.56 Å². The van der Waals surface area contributed by atoms with Crippen LogP contribution in [0.1, 0.15) is 39.7 Å². The molecule has 1 atom stereocenters. The number of thiophene rings is 1. The molecule has 1 aliphatic rings. The summed E-state index contributed by atoms with van der Waals surface area (Å²) in [5, 5.41) is 1.40. The lowest BCUT2D eigenvalue weighted by Crippen LogP contribution is -2.25. The first kappa shape index (κ1) is 21.2. The summed E-state index contributed by atoms with van der Waals surface area (Å²) in [5.74, 6) is 0.870. The van der Waals surface area contributed by atoms with E-state index in [9.17, 15) is 9.59 Å². The fraction of sp³-hybridized carbons (Fsp3) is 0.269. The number of aromatic nitrogens is 2. The highest BCUT2D eigenvalue weighted by atomic mass is 32.2. The second-order valence-electron chi connectivity index (χ2n) is 8.38. The van der Waals surface area contributed by atoms with E-state index in [1.807, 2.05) is 60.7 Å². The summed E-state index contributed by atoms with van der Waals surface area (Å²) in [7, 11) is 0. The molecule has 2 aromatic heterocycles.